The largest absolute Gasteiger partial charge is 0.348 e. The highest BCUT2D eigenvalue weighted by Crippen LogP contribution is 2.21. The van der Waals surface area contributed by atoms with Gasteiger partial charge < -0.3 is 10.6 Å². The van der Waals surface area contributed by atoms with Crippen molar-refractivity contribution in [2.24, 2.45) is 0 Å². The highest BCUT2D eigenvalue weighted by atomic mass is 16.1. The van der Waals surface area contributed by atoms with Gasteiger partial charge in [-0.3, -0.25) is 4.79 Å². The minimum atomic E-state index is 0.00661. The van der Waals surface area contributed by atoms with Gasteiger partial charge in [0.25, 0.3) is 0 Å². The van der Waals surface area contributed by atoms with Crippen molar-refractivity contribution in [3.63, 3.8) is 0 Å². The Morgan fingerprint density at radius 2 is 1.60 bits per heavy atom. The lowest BCUT2D eigenvalue weighted by atomic mass is 10.0. The van der Waals surface area contributed by atoms with E-state index in [1.807, 2.05) is 25.1 Å². The van der Waals surface area contributed by atoms with E-state index in [0.29, 0.717) is 6.54 Å². The molecule has 2 aromatic rings. The van der Waals surface area contributed by atoms with Crippen molar-refractivity contribution in [3.05, 3.63) is 60.2 Å². The number of benzene rings is 2. The molecule has 0 spiro atoms. The van der Waals surface area contributed by atoms with Gasteiger partial charge in [-0.05, 0) is 30.7 Å². The van der Waals surface area contributed by atoms with Crippen LogP contribution < -0.4 is 10.6 Å². The van der Waals surface area contributed by atoms with Crippen molar-refractivity contribution < 1.29 is 4.79 Å². The smallest absolute Gasteiger partial charge is 0.234 e. The summed E-state index contributed by atoms with van der Waals surface area (Å²) in [6, 6.07) is 18.6. The highest BCUT2D eigenvalue weighted by Gasteiger charge is 2.08. The van der Waals surface area contributed by atoms with Gasteiger partial charge in [0.05, 0.1) is 12.6 Å². The molecule has 2 aromatic carbocycles. The minimum Gasteiger partial charge on any atom is -0.348 e. The summed E-state index contributed by atoms with van der Waals surface area (Å²) in [4.78, 5) is 11.5. The van der Waals surface area contributed by atoms with Crippen LogP contribution in [0.2, 0.25) is 0 Å². The topological polar surface area (TPSA) is 41.1 Å². The molecule has 0 aliphatic heterocycles. The fourth-order valence-electron chi connectivity index (χ4n) is 2.13. The molecular formula is C17H20N2O. The normalized spacial score (nSPS) is 11.9. The van der Waals surface area contributed by atoms with E-state index in [1.54, 1.807) is 7.05 Å². The molecule has 0 saturated heterocycles. The van der Waals surface area contributed by atoms with Gasteiger partial charge in [0.1, 0.15) is 0 Å². The number of hydrogen-bond donors (Lipinski definition) is 2. The van der Waals surface area contributed by atoms with E-state index in [-0.39, 0.29) is 11.9 Å². The fraction of sp³-hybridized carbons (Fsp3) is 0.235. The first-order valence-corrected chi connectivity index (χ1v) is 6.80. The van der Waals surface area contributed by atoms with Crippen molar-refractivity contribution in [3.8, 4) is 11.1 Å². The SMILES string of the molecule is CNCC(=O)NC(C)c1ccc(-c2ccccc2)cc1. The van der Waals surface area contributed by atoms with E-state index in [0.717, 1.165) is 5.56 Å². The zero-order valence-corrected chi connectivity index (χ0v) is 11.9. The predicted octanol–water partition coefficient (Wildman–Crippen LogP) is 2.75. The van der Waals surface area contributed by atoms with Crippen LogP contribution in [0.15, 0.2) is 54.6 Å². The Morgan fingerprint density at radius 3 is 2.20 bits per heavy atom. The molecule has 0 aromatic heterocycles. The molecule has 104 valence electrons. The molecule has 1 amide bonds. The Hall–Kier alpha value is -2.13. The lowest BCUT2D eigenvalue weighted by Crippen LogP contribution is -2.33. The van der Waals surface area contributed by atoms with E-state index in [2.05, 4.69) is 47.0 Å². The van der Waals surface area contributed by atoms with E-state index in [1.165, 1.54) is 11.1 Å². The number of rotatable bonds is 5. The van der Waals surface area contributed by atoms with E-state index in [4.69, 9.17) is 0 Å². The number of likely N-dealkylation sites (N-methyl/N-ethyl adjacent to an activating group) is 1. The monoisotopic (exact) mass is 268 g/mol. The third-order valence-corrected chi connectivity index (χ3v) is 3.23. The molecule has 0 saturated carbocycles. The maximum absolute atomic E-state index is 11.5. The number of carbonyl (C=O) groups excluding carboxylic acids is 1. The first-order chi connectivity index (χ1) is 9.70. The molecule has 3 nitrogen and oxygen atoms in total. The molecule has 0 aliphatic carbocycles. The summed E-state index contributed by atoms with van der Waals surface area (Å²) < 4.78 is 0. The Bertz CT molecular complexity index is 549. The molecule has 0 radical (unpaired) electrons. The van der Waals surface area contributed by atoms with Crippen LogP contribution in [-0.4, -0.2) is 19.5 Å². The number of amides is 1. The summed E-state index contributed by atoms with van der Waals surface area (Å²) >= 11 is 0. The lowest BCUT2D eigenvalue weighted by molar-refractivity contribution is -0.120. The molecule has 0 aliphatic rings. The second-order valence-corrected chi connectivity index (χ2v) is 4.81. The van der Waals surface area contributed by atoms with Gasteiger partial charge in [0, 0.05) is 0 Å². The third kappa shape index (κ3) is 3.68. The number of hydrogen-bond acceptors (Lipinski definition) is 2. The molecule has 2 N–H and O–H groups in total. The average molecular weight is 268 g/mol. The maximum atomic E-state index is 11.5. The molecule has 1 unspecified atom stereocenters. The van der Waals surface area contributed by atoms with E-state index >= 15 is 0 Å². The lowest BCUT2D eigenvalue weighted by Gasteiger charge is -2.14. The van der Waals surface area contributed by atoms with Crippen LogP contribution in [0.3, 0.4) is 0 Å². The quantitative estimate of drug-likeness (QED) is 0.875. The highest BCUT2D eigenvalue weighted by molar-refractivity contribution is 5.78. The minimum absolute atomic E-state index is 0.00661. The van der Waals surface area contributed by atoms with Gasteiger partial charge in [-0.25, -0.2) is 0 Å². The average Bonchev–Trinajstić information content (AvgIpc) is 2.48. The van der Waals surface area contributed by atoms with Crippen LogP contribution >= 0.6 is 0 Å². The Morgan fingerprint density at radius 1 is 1.00 bits per heavy atom. The zero-order valence-electron chi connectivity index (χ0n) is 11.9. The van der Waals surface area contributed by atoms with Crippen LogP contribution in [0.1, 0.15) is 18.5 Å². The summed E-state index contributed by atoms with van der Waals surface area (Å²) in [5.41, 5.74) is 3.49. The Kier molecular flexibility index (Phi) is 4.91. The van der Waals surface area contributed by atoms with Crippen LogP contribution in [0.5, 0.6) is 0 Å². The summed E-state index contributed by atoms with van der Waals surface area (Å²) in [6.07, 6.45) is 0. The van der Waals surface area contributed by atoms with Gasteiger partial charge in [0.15, 0.2) is 0 Å². The van der Waals surface area contributed by atoms with Gasteiger partial charge in [0.2, 0.25) is 5.91 Å². The number of nitrogens with one attached hydrogen (secondary N) is 2. The molecule has 0 bridgehead atoms. The molecule has 1 atom stereocenters. The second kappa shape index (κ2) is 6.87. The van der Waals surface area contributed by atoms with Crippen molar-refractivity contribution in [1.82, 2.24) is 10.6 Å². The molecule has 3 heteroatoms. The maximum Gasteiger partial charge on any atom is 0.234 e. The Labute approximate surface area is 120 Å². The first kappa shape index (κ1) is 14.3. The van der Waals surface area contributed by atoms with E-state index in [9.17, 15) is 4.79 Å². The van der Waals surface area contributed by atoms with Gasteiger partial charge in [-0.1, -0.05) is 54.6 Å². The summed E-state index contributed by atoms with van der Waals surface area (Å²) in [7, 11) is 1.76. The van der Waals surface area contributed by atoms with Gasteiger partial charge in [-0.2, -0.15) is 0 Å². The molecule has 2 rings (SSSR count). The van der Waals surface area contributed by atoms with Crippen molar-refractivity contribution in [1.29, 1.82) is 0 Å². The van der Waals surface area contributed by atoms with Crippen LogP contribution in [-0.2, 0) is 4.79 Å². The molecule has 0 fully saturated rings. The predicted molar refractivity (Wildman–Crippen MR) is 82.4 cm³/mol. The fourth-order valence-corrected chi connectivity index (χ4v) is 2.13. The van der Waals surface area contributed by atoms with Crippen molar-refractivity contribution >= 4 is 5.91 Å². The summed E-state index contributed by atoms with van der Waals surface area (Å²) in [5, 5.41) is 5.80. The van der Waals surface area contributed by atoms with Crippen molar-refractivity contribution in [2.75, 3.05) is 13.6 Å². The first-order valence-electron chi connectivity index (χ1n) is 6.80. The number of carbonyl (C=O) groups is 1. The molecular weight excluding hydrogens is 248 g/mol. The third-order valence-electron chi connectivity index (χ3n) is 3.23. The van der Waals surface area contributed by atoms with Crippen LogP contribution in [0.25, 0.3) is 11.1 Å². The van der Waals surface area contributed by atoms with E-state index < -0.39 is 0 Å². The standard InChI is InChI=1S/C17H20N2O/c1-13(19-17(20)12-18-2)14-8-10-16(11-9-14)15-6-4-3-5-7-15/h3-11,13,18H,12H2,1-2H3,(H,19,20). The molecule has 20 heavy (non-hydrogen) atoms. The molecule has 0 heterocycles. The Balaban J connectivity index is 2.06. The van der Waals surface area contributed by atoms with Crippen LogP contribution in [0, 0.1) is 0 Å². The van der Waals surface area contributed by atoms with Crippen LogP contribution in [0.4, 0.5) is 0 Å². The van der Waals surface area contributed by atoms with Gasteiger partial charge in [-0.15, -0.1) is 0 Å². The zero-order chi connectivity index (χ0) is 14.4. The van der Waals surface area contributed by atoms with Gasteiger partial charge >= 0.3 is 0 Å². The second-order valence-electron chi connectivity index (χ2n) is 4.81. The summed E-state index contributed by atoms with van der Waals surface area (Å²) in [6.45, 7) is 2.33. The van der Waals surface area contributed by atoms with Crippen molar-refractivity contribution in [2.45, 2.75) is 13.0 Å². The summed E-state index contributed by atoms with van der Waals surface area (Å²) in [5.74, 6) is 0.00661.